The van der Waals surface area contributed by atoms with E-state index >= 15 is 0 Å². The molecule has 6 heteroatoms. The van der Waals surface area contributed by atoms with Crippen LogP contribution < -0.4 is 10.2 Å². The summed E-state index contributed by atoms with van der Waals surface area (Å²) in [6.45, 7) is 6.01. The van der Waals surface area contributed by atoms with Crippen molar-refractivity contribution < 1.29 is 9.21 Å². The highest BCUT2D eigenvalue weighted by atomic mass is 32.1. The second-order valence-corrected chi connectivity index (χ2v) is 5.60. The molecular weight excluding hydrogens is 276 g/mol. The Morgan fingerprint density at radius 2 is 2.20 bits per heavy atom. The van der Waals surface area contributed by atoms with Crippen LogP contribution in [-0.2, 0) is 11.3 Å². The van der Waals surface area contributed by atoms with E-state index in [1.165, 1.54) is 0 Å². The van der Waals surface area contributed by atoms with Gasteiger partial charge in [-0.3, -0.25) is 9.59 Å². The van der Waals surface area contributed by atoms with Crippen LogP contribution >= 0.6 is 11.3 Å². The highest BCUT2D eigenvalue weighted by Crippen LogP contribution is 2.15. The van der Waals surface area contributed by atoms with Gasteiger partial charge in [0.25, 0.3) is 0 Å². The Labute approximate surface area is 121 Å². The number of amides is 1. The van der Waals surface area contributed by atoms with Crippen LogP contribution in [0, 0.1) is 13.8 Å². The van der Waals surface area contributed by atoms with Crippen LogP contribution in [-0.4, -0.2) is 10.5 Å². The third kappa shape index (κ3) is 3.39. The van der Waals surface area contributed by atoms with Crippen molar-refractivity contribution in [3.63, 3.8) is 0 Å². The molecule has 1 atom stereocenters. The normalized spacial score (nSPS) is 12.3. The Kier molecular flexibility index (Phi) is 4.44. The highest BCUT2D eigenvalue weighted by Gasteiger charge is 2.13. The number of nitrogens with one attached hydrogen (secondary N) is 1. The molecule has 108 valence electrons. The number of thiazole rings is 1. The number of carbonyl (C=O) groups is 1. The predicted molar refractivity (Wildman–Crippen MR) is 77.9 cm³/mol. The van der Waals surface area contributed by atoms with Crippen LogP contribution in [0.5, 0.6) is 0 Å². The molecule has 0 saturated carbocycles. The molecule has 2 aromatic rings. The molecule has 0 spiro atoms. The van der Waals surface area contributed by atoms with E-state index in [0.29, 0.717) is 6.54 Å². The van der Waals surface area contributed by atoms with Crippen LogP contribution in [0.15, 0.2) is 26.7 Å². The minimum Gasteiger partial charge on any atom is -0.464 e. The van der Waals surface area contributed by atoms with Crippen molar-refractivity contribution in [1.29, 1.82) is 0 Å². The Morgan fingerprint density at radius 1 is 1.45 bits per heavy atom. The summed E-state index contributed by atoms with van der Waals surface area (Å²) in [6, 6.07) is 3.55. The monoisotopic (exact) mass is 294 g/mol. The lowest BCUT2D eigenvalue weighted by atomic mass is 10.2. The molecular formula is C14H18N2O3S. The van der Waals surface area contributed by atoms with Gasteiger partial charge in [-0.15, -0.1) is 0 Å². The van der Waals surface area contributed by atoms with Gasteiger partial charge >= 0.3 is 4.87 Å². The first-order valence-corrected chi connectivity index (χ1v) is 7.36. The van der Waals surface area contributed by atoms with Gasteiger partial charge in [-0.25, -0.2) is 0 Å². The standard InChI is InChI=1S/C14H18N2O3S/c1-9-8-20-14(18)16(9)7-6-13(17)15-11(3)12-5-4-10(2)19-12/h4-5,8,11H,6-7H2,1-3H3,(H,15,17). The lowest BCUT2D eigenvalue weighted by molar-refractivity contribution is -0.122. The van der Waals surface area contributed by atoms with Crippen LogP contribution in [0.3, 0.4) is 0 Å². The Hall–Kier alpha value is -1.82. The maximum absolute atomic E-state index is 11.9. The van der Waals surface area contributed by atoms with Crippen molar-refractivity contribution in [2.45, 2.75) is 39.8 Å². The summed E-state index contributed by atoms with van der Waals surface area (Å²) in [5.41, 5.74) is 0.891. The average molecular weight is 294 g/mol. The summed E-state index contributed by atoms with van der Waals surface area (Å²) < 4.78 is 7.08. The van der Waals surface area contributed by atoms with Crippen molar-refractivity contribution in [3.8, 4) is 0 Å². The lowest BCUT2D eigenvalue weighted by Crippen LogP contribution is -2.28. The number of hydrogen-bond donors (Lipinski definition) is 1. The number of aryl methyl sites for hydroxylation is 2. The van der Waals surface area contributed by atoms with E-state index in [1.54, 1.807) is 9.95 Å². The summed E-state index contributed by atoms with van der Waals surface area (Å²) in [6.07, 6.45) is 0.279. The predicted octanol–water partition coefficient (Wildman–Crippen LogP) is 2.39. The van der Waals surface area contributed by atoms with E-state index in [0.717, 1.165) is 28.6 Å². The van der Waals surface area contributed by atoms with E-state index in [2.05, 4.69) is 5.32 Å². The van der Waals surface area contributed by atoms with E-state index < -0.39 is 0 Å². The first kappa shape index (κ1) is 14.6. The molecule has 0 aliphatic heterocycles. The molecule has 20 heavy (non-hydrogen) atoms. The molecule has 0 bridgehead atoms. The number of aromatic nitrogens is 1. The van der Waals surface area contributed by atoms with E-state index in [4.69, 9.17) is 4.42 Å². The Morgan fingerprint density at radius 3 is 2.75 bits per heavy atom. The van der Waals surface area contributed by atoms with Gasteiger partial charge in [0.1, 0.15) is 11.5 Å². The van der Waals surface area contributed by atoms with Crippen LogP contribution in [0.2, 0.25) is 0 Å². The van der Waals surface area contributed by atoms with E-state index in [9.17, 15) is 9.59 Å². The van der Waals surface area contributed by atoms with Crippen LogP contribution in [0.4, 0.5) is 0 Å². The van der Waals surface area contributed by atoms with Gasteiger partial charge < -0.3 is 14.3 Å². The minimum absolute atomic E-state index is 0.0231. The number of carbonyl (C=O) groups excluding carboxylic acids is 1. The topological polar surface area (TPSA) is 64.2 Å². The summed E-state index contributed by atoms with van der Waals surface area (Å²) in [5.74, 6) is 1.46. The van der Waals surface area contributed by atoms with Gasteiger partial charge in [0, 0.05) is 24.0 Å². The van der Waals surface area contributed by atoms with Crippen LogP contribution in [0.1, 0.15) is 36.6 Å². The number of nitrogens with zero attached hydrogens (tertiary/aromatic N) is 1. The molecule has 0 saturated heterocycles. The van der Waals surface area contributed by atoms with E-state index in [1.807, 2.05) is 32.9 Å². The first-order chi connectivity index (χ1) is 9.47. The van der Waals surface area contributed by atoms with Crippen molar-refractivity contribution >= 4 is 17.2 Å². The second kappa shape index (κ2) is 6.09. The zero-order valence-electron chi connectivity index (χ0n) is 11.8. The van der Waals surface area contributed by atoms with Crippen molar-refractivity contribution in [3.05, 3.63) is 44.4 Å². The quantitative estimate of drug-likeness (QED) is 0.921. The Balaban J connectivity index is 1.88. The SMILES string of the molecule is Cc1ccc(C(C)NC(=O)CCn2c(C)csc2=O)o1. The Bertz CT molecular complexity index is 653. The molecule has 2 rings (SSSR count). The molecule has 0 radical (unpaired) electrons. The first-order valence-electron chi connectivity index (χ1n) is 6.48. The third-order valence-corrected chi connectivity index (χ3v) is 3.99. The fourth-order valence-corrected chi connectivity index (χ4v) is 2.72. The van der Waals surface area contributed by atoms with Crippen LogP contribution in [0.25, 0.3) is 0 Å². The van der Waals surface area contributed by atoms with Gasteiger partial charge in [-0.2, -0.15) is 0 Å². The highest BCUT2D eigenvalue weighted by molar-refractivity contribution is 7.07. The zero-order chi connectivity index (χ0) is 14.7. The lowest BCUT2D eigenvalue weighted by Gasteiger charge is -2.12. The summed E-state index contributed by atoms with van der Waals surface area (Å²) >= 11 is 1.16. The van der Waals surface area contributed by atoms with Crippen molar-refractivity contribution in [1.82, 2.24) is 9.88 Å². The average Bonchev–Trinajstić information content (AvgIpc) is 2.95. The molecule has 0 aliphatic rings. The number of furan rings is 1. The molecule has 0 aliphatic carbocycles. The van der Waals surface area contributed by atoms with Gasteiger partial charge in [0.2, 0.25) is 5.91 Å². The number of hydrogen-bond acceptors (Lipinski definition) is 4. The van der Waals surface area contributed by atoms with Gasteiger partial charge in [-0.1, -0.05) is 11.3 Å². The minimum atomic E-state index is -0.170. The van der Waals surface area contributed by atoms with Crippen molar-refractivity contribution in [2.75, 3.05) is 0 Å². The molecule has 1 amide bonds. The van der Waals surface area contributed by atoms with Gasteiger partial charge in [0.15, 0.2) is 0 Å². The fraction of sp³-hybridized carbons (Fsp3) is 0.429. The molecule has 2 aromatic heterocycles. The summed E-state index contributed by atoms with van der Waals surface area (Å²) in [4.78, 5) is 23.4. The fourth-order valence-electron chi connectivity index (χ4n) is 1.96. The zero-order valence-corrected chi connectivity index (χ0v) is 12.6. The molecule has 0 aromatic carbocycles. The molecule has 1 unspecified atom stereocenters. The molecule has 1 N–H and O–H groups in total. The number of rotatable bonds is 5. The maximum Gasteiger partial charge on any atom is 0.307 e. The maximum atomic E-state index is 11.9. The van der Waals surface area contributed by atoms with E-state index in [-0.39, 0.29) is 23.2 Å². The molecule has 5 nitrogen and oxygen atoms in total. The smallest absolute Gasteiger partial charge is 0.307 e. The largest absolute Gasteiger partial charge is 0.464 e. The molecule has 2 heterocycles. The second-order valence-electron chi connectivity index (χ2n) is 4.78. The summed E-state index contributed by atoms with van der Waals surface area (Å²) in [5, 5.41) is 4.67. The summed E-state index contributed by atoms with van der Waals surface area (Å²) in [7, 11) is 0. The van der Waals surface area contributed by atoms with Crippen molar-refractivity contribution in [2.24, 2.45) is 0 Å². The third-order valence-electron chi connectivity index (χ3n) is 3.10. The molecule has 0 fully saturated rings. The van der Waals surface area contributed by atoms with Gasteiger partial charge in [0.05, 0.1) is 6.04 Å². The van der Waals surface area contributed by atoms with Gasteiger partial charge in [-0.05, 0) is 32.9 Å².